The van der Waals surface area contributed by atoms with E-state index in [-0.39, 0.29) is 16.7 Å². The van der Waals surface area contributed by atoms with Gasteiger partial charge in [-0.25, -0.2) is 24.4 Å². The van der Waals surface area contributed by atoms with E-state index >= 15 is 0 Å². The highest BCUT2D eigenvalue weighted by Crippen LogP contribution is 2.35. The molecule has 0 saturated carbocycles. The van der Waals surface area contributed by atoms with Crippen LogP contribution in [0.25, 0.3) is 22.2 Å². The number of furan rings is 1. The monoisotopic (exact) mass is 470 g/mol. The van der Waals surface area contributed by atoms with Crippen molar-refractivity contribution in [3.8, 4) is 11.1 Å². The molecule has 0 saturated heterocycles. The molecule has 2 amide bonds. The lowest BCUT2D eigenvalue weighted by atomic mass is 10.1. The van der Waals surface area contributed by atoms with Gasteiger partial charge >= 0.3 is 18.2 Å². The lowest BCUT2D eigenvalue weighted by Crippen LogP contribution is -2.44. The predicted molar refractivity (Wildman–Crippen MR) is 121 cm³/mol. The number of carbonyl (C=O) groups is 3. The van der Waals surface area contributed by atoms with Crippen LogP contribution in [-0.4, -0.2) is 51.4 Å². The van der Waals surface area contributed by atoms with E-state index in [4.69, 9.17) is 18.6 Å². The number of hydrogen-bond acceptors (Lipinski definition) is 10. The average molecular weight is 470 g/mol. The van der Waals surface area contributed by atoms with Crippen LogP contribution in [0.3, 0.4) is 0 Å². The van der Waals surface area contributed by atoms with Gasteiger partial charge in [0.2, 0.25) is 5.88 Å². The summed E-state index contributed by atoms with van der Waals surface area (Å²) in [6.07, 6.45) is 3.83. The van der Waals surface area contributed by atoms with Crippen molar-refractivity contribution in [2.45, 2.75) is 52.7 Å². The number of anilines is 1. The molecule has 0 radical (unpaired) electrons. The molecular formula is C23H26N4O7. The number of methoxy groups -OCH3 is 1. The van der Waals surface area contributed by atoms with Crippen molar-refractivity contribution in [1.29, 1.82) is 0 Å². The minimum atomic E-state index is -1.09. The minimum absolute atomic E-state index is 0.0829. The standard InChI is InChI=1S/C23H26N4O7/c1-22(2,3)33-20(29)27(21(30)34-23(4,5)6)18-16(19(28)31-7)17-15(32-18)8-13(11-26-17)14-9-24-12-25-10-14/h8-12H,1-7H3. The fourth-order valence-electron chi connectivity index (χ4n) is 2.87. The smallest absolute Gasteiger partial charge is 0.427 e. The van der Waals surface area contributed by atoms with Crippen LogP contribution < -0.4 is 4.90 Å². The Morgan fingerprint density at radius 2 is 1.44 bits per heavy atom. The number of aromatic nitrogens is 3. The van der Waals surface area contributed by atoms with Crippen LogP contribution in [-0.2, 0) is 14.2 Å². The molecule has 3 aromatic heterocycles. The van der Waals surface area contributed by atoms with Gasteiger partial charge in [-0.1, -0.05) is 0 Å². The van der Waals surface area contributed by atoms with Gasteiger partial charge in [-0.2, -0.15) is 0 Å². The second-order valence-corrected chi connectivity index (χ2v) is 9.27. The molecule has 0 aliphatic carbocycles. The SMILES string of the molecule is COC(=O)c1c(N(C(=O)OC(C)(C)C)C(=O)OC(C)(C)C)oc2cc(-c3cncnc3)cnc12. The molecule has 0 bridgehead atoms. The predicted octanol–water partition coefficient (Wildman–Crippen LogP) is 4.75. The first-order chi connectivity index (χ1) is 15.8. The third kappa shape index (κ3) is 5.48. The molecule has 0 unspecified atom stereocenters. The van der Waals surface area contributed by atoms with Gasteiger partial charge in [0, 0.05) is 29.7 Å². The number of amides is 2. The number of hydrogen-bond donors (Lipinski definition) is 0. The Labute approximate surface area is 196 Å². The van der Waals surface area contributed by atoms with Gasteiger partial charge in [-0.15, -0.1) is 4.90 Å². The van der Waals surface area contributed by atoms with E-state index in [9.17, 15) is 14.4 Å². The molecule has 11 nitrogen and oxygen atoms in total. The molecule has 0 spiro atoms. The molecule has 180 valence electrons. The van der Waals surface area contributed by atoms with Gasteiger partial charge in [-0.3, -0.25) is 4.98 Å². The Morgan fingerprint density at radius 1 is 0.882 bits per heavy atom. The lowest BCUT2D eigenvalue weighted by Gasteiger charge is -2.27. The number of ether oxygens (including phenoxy) is 3. The number of rotatable bonds is 3. The molecule has 0 aromatic carbocycles. The topological polar surface area (TPSA) is 134 Å². The van der Waals surface area contributed by atoms with Crippen molar-refractivity contribution in [1.82, 2.24) is 15.0 Å². The fraction of sp³-hybridized carbons (Fsp3) is 0.391. The van der Waals surface area contributed by atoms with Gasteiger partial charge in [0.1, 0.15) is 23.0 Å². The van der Waals surface area contributed by atoms with Gasteiger partial charge in [-0.05, 0) is 47.6 Å². The number of imide groups is 1. The van der Waals surface area contributed by atoms with Crippen molar-refractivity contribution >= 4 is 35.1 Å². The third-order valence-electron chi connectivity index (χ3n) is 4.15. The Hall–Kier alpha value is -4.02. The van der Waals surface area contributed by atoms with Crippen LogP contribution in [0.15, 0.2) is 35.4 Å². The summed E-state index contributed by atoms with van der Waals surface area (Å²) in [5.41, 5.74) is -0.698. The van der Waals surface area contributed by atoms with Gasteiger partial charge in [0.25, 0.3) is 0 Å². The minimum Gasteiger partial charge on any atom is -0.465 e. The zero-order valence-electron chi connectivity index (χ0n) is 20.0. The molecule has 3 heterocycles. The van der Waals surface area contributed by atoms with Gasteiger partial charge in [0.05, 0.1) is 7.11 Å². The van der Waals surface area contributed by atoms with Crippen molar-refractivity contribution in [3.63, 3.8) is 0 Å². The fourth-order valence-corrected chi connectivity index (χ4v) is 2.87. The summed E-state index contributed by atoms with van der Waals surface area (Å²) in [5.74, 6) is -1.30. The number of carbonyl (C=O) groups excluding carboxylic acids is 3. The van der Waals surface area contributed by atoms with E-state index in [2.05, 4.69) is 15.0 Å². The largest absolute Gasteiger partial charge is 0.465 e. The Kier molecular flexibility index (Phi) is 6.58. The molecule has 0 fully saturated rings. The Balaban J connectivity index is 2.22. The maximum Gasteiger partial charge on any atom is 0.427 e. The first-order valence-corrected chi connectivity index (χ1v) is 10.3. The van der Waals surface area contributed by atoms with E-state index in [1.807, 2.05) is 0 Å². The van der Waals surface area contributed by atoms with Crippen LogP contribution in [0.2, 0.25) is 0 Å². The Bertz CT molecular complexity index is 1200. The summed E-state index contributed by atoms with van der Waals surface area (Å²) in [5, 5.41) is 0. The highest BCUT2D eigenvalue weighted by molar-refractivity contribution is 6.16. The highest BCUT2D eigenvalue weighted by Gasteiger charge is 2.39. The van der Waals surface area contributed by atoms with E-state index in [1.54, 1.807) is 60.0 Å². The number of pyridine rings is 1. The highest BCUT2D eigenvalue weighted by atomic mass is 16.6. The van der Waals surface area contributed by atoms with Crippen molar-refractivity contribution < 1.29 is 33.0 Å². The zero-order valence-corrected chi connectivity index (χ0v) is 20.0. The number of esters is 1. The maximum absolute atomic E-state index is 13.1. The molecule has 0 atom stereocenters. The molecule has 0 aliphatic heterocycles. The summed E-state index contributed by atoms with van der Waals surface area (Å²) in [6.45, 7) is 9.80. The van der Waals surface area contributed by atoms with E-state index in [0.29, 0.717) is 16.0 Å². The van der Waals surface area contributed by atoms with Gasteiger partial charge in [0.15, 0.2) is 11.1 Å². The molecule has 3 aromatic rings. The third-order valence-corrected chi connectivity index (χ3v) is 4.15. The van der Waals surface area contributed by atoms with E-state index in [0.717, 1.165) is 7.11 Å². The maximum atomic E-state index is 13.1. The first kappa shape index (κ1) is 24.6. The summed E-state index contributed by atoms with van der Waals surface area (Å²) in [4.78, 5) is 51.6. The molecular weight excluding hydrogens is 444 g/mol. The zero-order chi connectivity index (χ0) is 25.3. The second kappa shape index (κ2) is 9.08. The Morgan fingerprint density at radius 3 is 1.94 bits per heavy atom. The molecule has 0 aliphatic rings. The van der Waals surface area contributed by atoms with Gasteiger partial charge < -0.3 is 18.6 Å². The number of nitrogens with zero attached hydrogens (tertiary/aromatic N) is 4. The quantitative estimate of drug-likeness (QED) is 0.390. The summed E-state index contributed by atoms with van der Waals surface area (Å²) < 4.78 is 21.5. The van der Waals surface area contributed by atoms with Crippen LogP contribution in [0.1, 0.15) is 51.9 Å². The van der Waals surface area contributed by atoms with Crippen molar-refractivity contribution in [2.75, 3.05) is 12.0 Å². The molecule has 3 rings (SSSR count). The molecule has 11 heteroatoms. The average Bonchev–Trinajstić information content (AvgIpc) is 3.09. The van der Waals surface area contributed by atoms with Crippen LogP contribution in [0.4, 0.5) is 15.5 Å². The molecule has 34 heavy (non-hydrogen) atoms. The van der Waals surface area contributed by atoms with Crippen LogP contribution >= 0.6 is 0 Å². The van der Waals surface area contributed by atoms with Crippen LogP contribution in [0, 0.1) is 0 Å². The summed E-state index contributed by atoms with van der Waals surface area (Å²) in [7, 11) is 1.16. The normalized spacial score (nSPS) is 11.7. The lowest BCUT2D eigenvalue weighted by molar-refractivity contribution is 0.0422. The molecule has 0 N–H and O–H groups in total. The number of fused-ring (bicyclic) bond motifs is 1. The second-order valence-electron chi connectivity index (χ2n) is 9.27. The summed E-state index contributed by atoms with van der Waals surface area (Å²) >= 11 is 0. The van der Waals surface area contributed by atoms with Crippen LogP contribution in [0.5, 0.6) is 0 Å². The van der Waals surface area contributed by atoms with Crippen molar-refractivity contribution in [3.05, 3.63) is 36.5 Å². The van der Waals surface area contributed by atoms with E-state index < -0.39 is 35.2 Å². The van der Waals surface area contributed by atoms with E-state index in [1.165, 1.54) is 12.5 Å². The first-order valence-electron chi connectivity index (χ1n) is 10.3. The van der Waals surface area contributed by atoms with Crippen molar-refractivity contribution in [2.24, 2.45) is 0 Å². The summed E-state index contributed by atoms with van der Waals surface area (Å²) in [6, 6.07) is 1.58.